The number of hydrogen-bond donors (Lipinski definition) is 0. The first-order valence-electron chi connectivity index (χ1n) is 5.29. The molecule has 7 nitrogen and oxygen atoms in total. The highest BCUT2D eigenvalue weighted by Crippen LogP contribution is 2.28. The minimum Gasteiger partial charge on any atom is -0.480 e. The molecule has 0 radical (unpaired) electrons. The molecule has 7 heteroatoms. The van der Waals surface area contributed by atoms with E-state index in [9.17, 15) is 14.9 Å². The second kappa shape index (κ2) is 4.89. The van der Waals surface area contributed by atoms with Gasteiger partial charge >= 0.3 is 5.97 Å². The Morgan fingerprint density at radius 2 is 2.11 bits per heavy atom. The number of pyridine rings is 1. The van der Waals surface area contributed by atoms with Crippen LogP contribution in [0.3, 0.4) is 0 Å². The lowest BCUT2D eigenvalue weighted by molar-refractivity contribution is -0.383. The maximum absolute atomic E-state index is 11.6. The van der Waals surface area contributed by atoms with Gasteiger partial charge in [0.15, 0.2) is 5.52 Å². The molecule has 0 N–H and O–H groups in total. The van der Waals surface area contributed by atoms with E-state index >= 15 is 0 Å². The van der Waals surface area contributed by atoms with Gasteiger partial charge in [-0.25, -0.2) is 9.78 Å². The molecule has 0 unspecified atom stereocenters. The predicted octanol–water partition coefficient (Wildman–Crippen LogP) is 1.94. The van der Waals surface area contributed by atoms with Crippen molar-refractivity contribution in [2.75, 3.05) is 14.2 Å². The van der Waals surface area contributed by atoms with Crippen LogP contribution < -0.4 is 4.74 Å². The number of nitro benzene ring substituents is 1. The fraction of sp³-hybridized carbons (Fsp3) is 0.167. The fourth-order valence-electron chi connectivity index (χ4n) is 1.73. The van der Waals surface area contributed by atoms with E-state index in [4.69, 9.17) is 4.74 Å². The van der Waals surface area contributed by atoms with Crippen molar-refractivity contribution in [2.45, 2.75) is 0 Å². The van der Waals surface area contributed by atoms with Gasteiger partial charge in [-0.05, 0) is 6.07 Å². The molecular formula is C12H10N2O5. The number of carbonyl (C=O) groups is 1. The smallest absolute Gasteiger partial charge is 0.343 e. The molecule has 1 heterocycles. The summed E-state index contributed by atoms with van der Waals surface area (Å²) in [7, 11) is 2.56. The minimum absolute atomic E-state index is 0.00588. The zero-order valence-corrected chi connectivity index (χ0v) is 10.2. The van der Waals surface area contributed by atoms with Gasteiger partial charge in [-0.15, -0.1) is 0 Å². The van der Waals surface area contributed by atoms with Gasteiger partial charge in [0.25, 0.3) is 5.69 Å². The summed E-state index contributed by atoms with van der Waals surface area (Å²) in [5.41, 5.74) is 0.141. The lowest BCUT2D eigenvalue weighted by Gasteiger charge is -2.07. The Balaban J connectivity index is 2.77. The van der Waals surface area contributed by atoms with Crippen molar-refractivity contribution >= 4 is 22.6 Å². The molecular weight excluding hydrogens is 252 g/mol. The average molecular weight is 262 g/mol. The number of esters is 1. The van der Waals surface area contributed by atoms with Crippen molar-refractivity contribution in [1.29, 1.82) is 0 Å². The van der Waals surface area contributed by atoms with Crippen molar-refractivity contribution in [3.8, 4) is 5.88 Å². The SMILES string of the molecule is COC(=O)c1cc2cccc([N+](=O)[O-])c2nc1OC. The molecule has 0 spiro atoms. The van der Waals surface area contributed by atoms with Gasteiger partial charge in [0.2, 0.25) is 5.88 Å². The van der Waals surface area contributed by atoms with E-state index in [0.29, 0.717) is 5.39 Å². The topological polar surface area (TPSA) is 91.6 Å². The molecule has 0 bridgehead atoms. The van der Waals surface area contributed by atoms with E-state index in [1.54, 1.807) is 6.07 Å². The van der Waals surface area contributed by atoms with E-state index in [1.165, 1.54) is 32.4 Å². The van der Waals surface area contributed by atoms with E-state index in [2.05, 4.69) is 9.72 Å². The van der Waals surface area contributed by atoms with Gasteiger partial charge in [0.1, 0.15) is 5.56 Å². The number of carbonyl (C=O) groups excluding carboxylic acids is 1. The Morgan fingerprint density at radius 1 is 1.37 bits per heavy atom. The van der Waals surface area contributed by atoms with Gasteiger partial charge in [0.05, 0.1) is 19.1 Å². The molecule has 98 valence electrons. The summed E-state index contributed by atoms with van der Waals surface area (Å²) in [6, 6.07) is 5.95. The number of para-hydroxylation sites is 1. The second-order valence-corrected chi connectivity index (χ2v) is 3.64. The first-order chi connectivity index (χ1) is 9.08. The van der Waals surface area contributed by atoms with E-state index in [-0.39, 0.29) is 22.6 Å². The van der Waals surface area contributed by atoms with Gasteiger partial charge in [0, 0.05) is 11.5 Å². The Kier molecular flexibility index (Phi) is 3.28. The lowest BCUT2D eigenvalue weighted by Crippen LogP contribution is -2.06. The summed E-state index contributed by atoms with van der Waals surface area (Å²) >= 11 is 0. The molecule has 19 heavy (non-hydrogen) atoms. The standard InChI is InChI=1S/C12H10N2O5/c1-18-11-8(12(15)19-2)6-7-4-3-5-9(14(16)17)10(7)13-11/h3-6H,1-2H3. The molecule has 0 saturated heterocycles. The number of hydrogen-bond acceptors (Lipinski definition) is 6. The van der Waals surface area contributed by atoms with E-state index in [0.717, 1.165) is 0 Å². The molecule has 1 aromatic carbocycles. The summed E-state index contributed by atoms with van der Waals surface area (Å²) in [5.74, 6) is -0.619. The van der Waals surface area contributed by atoms with Crippen molar-refractivity contribution < 1.29 is 19.2 Å². The van der Waals surface area contributed by atoms with Crippen molar-refractivity contribution in [1.82, 2.24) is 4.98 Å². The second-order valence-electron chi connectivity index (χ2n) is 3.64. The largest absolute Gasteiger partial charge is 0.480 e. The van der Waals surface area contributed by atoms with Crippen molar-refractivity contribution in [3.05, 3.63) is 39.9 Å². The predicted molar refractivity (Wildman–Crippen MR) is 66.3 cm³/mol. The Labute approximate surface area is 107 Å². The third-order valence-electron chi connectivity index (χ3n) is 2.58. The zero-order valence-electron chi connectivity index (χ0n) is 10.2. The molecule has 0 saturated carbocycles. The molecule has 1 aromatic heterocycles. The number of aromatic nitrogens is 1. The van der Waals surface area contributed by atoms with Crippen LogP contribution in [0.2, 0.25) is 0 Å². The van der Waals surface area contributed by atoms with Crippen molar-refractivity contribution in [3.63, 3.8) is 0 Å². The van der Waals surface area contributed by atoms with Crippen LogP contribution in [-0.4, -0.2) is 30.1 Å². The van der Waals surface area contributed by atoms with Crippen LogP contribution in [0.15, 0.2) is 24.3 Å². The molecule has 0 fully saturated rings. The number of benzene rings is 1. The van der Waals surface area contributed by atoms with Crippen LogP contribution in [0.25, 0.3) is 10.9 Å². The van der Waals surface area contributed by atoms with Gasteiger partial charge in [-0.1, -0.05) is 12.1 Å². The lowest BCUT2D eigenvalue weighted by atomic mass is 10.1. The molecule has 0 aliphatic heterocycles. The molecule has 2 aromatic rings. The molecule has 0 aliphatic carbocycles. The van der Waals surface area contributed by atoms with Gasteiger partial charge in [-0.3, -0.25) is 10.1 Å². The number of non-ortho nitro benzene ring substituents is 1. The third-order valence-corrected chi connectivity index (χ3v) is 2.58. The van der Waals surface area contributed by atoms with Gasteiger partial charge in [-0.2, -0.15) is 0 Å². The number of methoxy groups -OCH3 is 2. The molecule has 2 rings (SSSR count). The highest BCUT2D eigenvalue weighted by Gasteiger charge is 2.20. The quantitative estimate of drug-likeness (QED) is 0.477. The van der Waals surface area contributed by atoms with Crippen LogP contribution in [0.5, 0.6) is 5.88 Å². The normalized spacial score (nSPS) is 10.2. The average Bonchev–Trinajstić information content (AvgIpc) is 2.43. The number of fused-ring (bicyclic) bond motifs is 1. The van der Waals surface area contributed by atoms with Crippen molar-refractivity contribution in [2.24, 2.45) is 0 Å². The fourth-order valence-corrected chi connectivity index (χ4v) is 1.73. The molecule has 0 atom stereocenters. The van der Waals surface area contributed by atoms with Gasteiger partial charge < -0.3 is 9.47 Å². The Hall–Kier alpha value is -2.70. The van der Waals surface area contributed by atoms with Crippen LogP contribution in [0.1, 0.15) is 10.4 Å². The summed E-state index contributed by atoms with van der Waals surface area (Å²) < 4.78 is 9.59. The van der Waals surface area contributed by atoms with E-state index in [1.807, 2.05) is 0 Å². The first-order valence-corrected chi connectivity index (χ1v) is 5.29. The summed E-state index contributed by atoms with van der Waals surface area (Å²) in [5, 5.41) is 11.4. The van der Waals surface area contributed by atoms with Crippen LogP contribution in [-0.2, 0) is 4.74 Å². The Morgan fingerprint density at radius 3 is 2.68 bits per heavy atom. The summed E-state index contributed by atoms with van der Waals surface area (Å²) in [6.45, 7) is 0. The maximum atomic E-state index is 11.6. The highest BCUT2D eigenvalue weighted by molar-refractivity contribution is 5.98. The maximum Gasteiger partial charge on any atom is 0.343 e. The number of nitro groups is 1. The number of rotatable bonds is 3. The minimum atomic E-state index is -0.613. The highest BCUT2D eigenvalue weighted by atomic mass is 16.6. The summed E-state index contributed by atoms with van der Waals surface area (Å²) in [4.78, 5) is 26.0. The zero-order chi connectivity index (χ0) is 14.0. The number of ether oxygens (including phenoxy) is 2. The molecule has 0 amide bonds. The third kappa shape index (κ3) is 2.17. The summed E-state index contributed by atoms with van der Waals surface area (Å²) in [6.07, 6.45) is 0. The Bertz CT molecular complexity index is 668. The first kappa shape index (κ1) is 12.7. The van der Waals surface area contributed by atoms with Crippen LogP contribution >= 0.6 is 0 Å². The van der Waals surface area contributed by atoms with Crippen LogP contribution in [0, 0.1) is 10.1 Å². The number of nitrogens with zero attached hydrogens (tertiary/aromatic N) is 2. The monoisotopic (exact) mass is 262 g/mol. The van der Waals surface area contributed by atoms with E-state index < -0.39 is 10.9 Å². The van der Waals surface area contributed by atoms with Crippen LogP contribution in [0.4, 0.5) is 5.69 Å². The molecule has 0 aliphatic rings.